The van der Waals surface area contributed by atoms with Crippen molar-refractivity contribution in [2.24, 2.45) is 0 Å². The molecule has 1 aliphatic heterocycles. The van der Waals surface area contributed by atoms with E-state index in [1.165, 1.54) is 42.5 Å². The van der Waals surface area contributed by atoms with Crippen LogP contribution in [0.25, 0.3) is 5.76 Å². The third-order valence-corrected chi connectivity index (χ3v) is 5.21. The number of carbonyl (C=O) groups is 2. The number of ketones is 1. The molecule has 1 atom stereocenters. The Kier molecular flexibility index (Phi) is 5.41. The van der Waals surface area contributed by atoms with Crippen molar-refractivity contribution < 1.29 is 24.5 Å². The van der Waals surface area contributed by atoms with Crippen molar-refractivity contribution in [3.63, 3.8) is 0 Å². The zero-order chi connectivity index (χ0) is 23.7. The van der Waals surface area contributed by atoms with Gasteiger partial charge < -0.3 is 5.11 Å². The lowest BCUT2D eigenvalue weighted by atomic mass is 9.95. The summed E-state index contributed by atoms with van der Waals surface area (Å²) in [5, 5.41) is 33.5. The molecule has 0 aliphatic carbocycles. The molecular formula is C23H15N3O7. The van der Waals surface area contributed by atoms with Gasteiger partial charge in [0.15, 0.2) is 0 Å². The molecule has 10 heteroatoms. The highest BCUT2D eigenvalue weighted by molar-refractivity contribution is 6.51. The number of aliphatic hydroxyl groups is 1. The number of non-ortho nitro benzene ring substituents is 2. The summed E-state index contributed by atoms with van der Waals surface area (Å²) in [6.45, 7) is 0. The highest BCUT2D eigenvalue weighted by Crippen LogP contribution is 2.43. The van der Waals surface area contributed by atoms with Crippen LogP contribution < -0.4 is 4.90 Å². The summed E-state index contributed by atoms with van der Waals surface area (Å²) in [7, 11) is 0. The second kappa shape index (κ2) is 8.35. The maximum Gasteiger partial charge on any atom is 0.300 e. The number of nitro benzene ring substituents is 2. The maximum atomic E-state index is 13.1. The summed E-state index contributed by atoms with van der Waals surface area (Å²) < 4.78 is 0. The van der Waals surface area contributed by atoms with Crippen LogP contribution in [-0.2, 0) is 9.59 Å². The van der Waals surface area contributed by atoms with Crippen molar-refractivity contribution in [3.05, 3.63) is 116 Å². The summed E-state index contributed by atoms with van der Waals surface area (Å²) in [6.07, 6.45) is 0. The Bertz CT molecular complexity index is 1330. The van der Waals surface area contributed by atoms with Crippen molar-refractivity contribution in [2.75, 3.05) is 4.90 Å². The van der Waals surface area contributed by atoms with Crippen LogP contribution in [0.2, 0.25) is 0 Å². The molecule has 1 fully saturated rings. The third-order valence-electron chi connectivity index (χ3n) is 5.21. The van der Waals surface area contributed by atoms with Gasteiger partial charge in [-0.1, -0.05) is 48.5 Å². The van der Waals surface area contributed by atoms with Gasteiger partial charge in [0.25, 0.3) is 23.1 Å². The molecule has 10 nitrogen and oxygen atoms in total. The van der Waals surface area contributed by atoms with Gasteiger partial charge in [0.05, 0.1) is 27.1 Å². The summed E-state index contributed by atoms with van der Waals surface area (Å²) in [6, 6.07) is 17.2. The van der Waals surface area contributed by atoms with Crippen molar-refractivity contribution >= 4 is 34.5 Å². The lowest BCUT2D eigenvalue weighted by Crippen LogP contribution is -2.29. The number of carbonyl (C=O) groups excluding carboxylic acids is 2. The summed E-state index contributed by atoms with van der Waals surface area (Å²) in [4.78, 5) is 48.4. The lowest BCUT2D eigenvalue weighted by molar-refractivity contribution is -0.385. The Morgan fingerprint density at radius 2 is 1.42 bits per heavy atom. The molecule has 0 saturated carbocycles. The molecule has 0 aromatic heterocycles. The van der Waals surface area contributed by atoms with Gasteiger partial charge in [-0.25, -0.2) is 0 Å². The van der Waals surface area contributed by atoms with Crippen molar-refractivity contribution in [1.82, 2.24) is 0 Å². The average Bonchev–Trinajstić information content (AvgIpc) is 3.09. The van der Waals surface area contributed by atoms with Crippen molar-refractivity contribution in [2.45, 2.75) is 6.04 Å². The standard InChI is InChI=1S/C23H15N3O7/c27-21(14-6-2-1-3-7-14)19-20(15-8-4-10-17(12-15)25(30)31)24(23(29)22(19)28)16-9-5-11-18(13-16)26(32)33/h1-13,20,27H/b21-19+. The van der Waals surface area contributed by atoms with Crippen LogP contribution in [-0.4, -0.2) is 26.6 Å². The van der Waals surface area contributed by atoms with E-state index in [1.807, 2.05) is 0 Å². The van der Waals surface area contributed by atoms with Gasteiger partial charge in [0.1, 0.15) is 5.76 Å². The number of amides is 1. The first kappa shape index (κ1) is 21.4. The van der Waals surface area contributed by atoms with Crippen molar-refractivity contribution in [1.29, 1.82) is 0 Å². The molecule has 4 rings (SSSR count). The number of nitrogens with zero attached hydrogens (tertiary/aromatic N) is 3. The van der Waals surface area contributed by atoms with Crippen LogP contribution in [0.1, 0.15) is 17.2 Å². The molecule has 1 saturated heterocycles. The monoisotopic (exact) mass is 445 g/mol. The predicted octanol–water partition coefficient (Wildman–Crippen LogP) is 4.13. The van der Waals surface area contributed by atoms with Crippen LogP contribution in [0.5, 0.6) is 0 Å². The quantitative estimate of drug-likeness (QED) is 0.204. The Morgan fingerprint density at radius 3 is 2.06 bits per heavy atom. The highest BCUT2D eigenvalue weighted by atomic mass is 16.6. The molecule has 1 aliphatic rings. The molecule has 0 radical (unpaired) electrons. The Labute approximate surface area is 186 Å². The van der Waals surface area contributed by atoms with Gasteiger partial charge in [-0.3, -0.25) is 34.7 Å². The zero-order valence-electron chi connectivity index (χ0n) is 16.8. The number of hydrogen-bond acceptors (Lipinski definition) is 7. The van der Waals surface area contributed by atoms with Gasteiger partial charge in [-0.05, 0) is 11.6 Å². The van der Waals surface area contributed by atoms with E-state index in [0.717, 1.165) is 11.0 Å². The molecule has 33 heavy (non-hydrogen) atoms. The number of hydrogen-bond donors (Lipinski definition) is 1. The molecule has 3 aromatic rings. The molecular weight excluding hydrogens is 430 g/mol. The minimum Gasteiger partial charge on any atom is -0.507 e. The van der Waals surface area contributed by atoms with Crippen LogP contribution in [0.15, 0.2) is 84.4 Å². The fraction of sp³-hybridized carbons (Fsp3) is 0.0435. The summed E-state index contributed by atoms with van der Waals surface area (Å²) in [5.74, 6) is -2.50. The van der Waals surface area contributed by atoms with E-state index in [9.17, 15) is 34.9 Å². The van der Waals surface area contributed by atoms with E-state index in [0.29, 0.717) is 0 Å². The van der Waals surface area contributed by atoms with Crippen molar-refractivity contribution in [3.8, 4) is 0 Å². The second-order valence-electron chi connectivity index (χ2n) is 7.16. The molecule has 1 heterocycles. The summed E-state index contributed by atoms with van der Waals surface area (Å²) >= 11 is 0. The molecule has 1 amide bonds. The topological polar surface area (TPSA) is 144 Å². The predicted molar refractivity (Wildman–Crippen MR) is 117 cm³/mol. The van der Waals surface area contributed by atoms with E-state index in [-0.39, 0.29) is 33.8 Å². The number of anilines is 1. The molecule has 0 spiro atoms. The zero-order valence-corrected chi connectivity index (χ0v) is 16.8. The number of Topliss-reactive ketones (excluding diaryl/α,β-unsaturated/α-hetero) is 1. The first-order chi connectivity index (χ1) is 15.8. The largest absolute Gasteiger partial charge is 0.507 e. The normalized spacial score (nSPS) is 17.2. The first-order valence-corrected chi connectivity index (χ1v) is 9.65. The van der Waals surface area contributed by atoms with Gasteiger partial charge in [-0.2, -0.15) is 0 Å². The average molecular weight is 445 g/mol. The molecule has 0 bridgehead atoms. The molecule has 3 aromatic carbocycles. The Balaban J connectivity index is 1.98. The minimum atomic E-state index is -1.24. The van der Waals surface area contributed by atoms with E-state index in [4.69, 9.17) is 0 Å². The summed E-state index contributed by atoms with van der Waals surface area (Å²) in [5.41, 5.74) is -0.377. The Morgan fingerprint density at radius 1 is 0.818 bits per heavy atom. The number of aliphatic hydroxyl groups excluding tert-OH is 1. The number of nitro groups is 2. The fourth-order valence-electron chi connectivity index (χ4n) is 3.73. The van der Waals surface area contributed by atoms with E-state index < -0.39 is 33.3 Å². The third kappa shape index (κ3) is 3.81. The Hall–Kier alpha value is -4.86. The number of rotatable bonds is 5. The van der Waals surface area contributed by atoms with Crippen LogP contribution in [0.3, 0.4) is 0 Å². The SMILES string of the molecule is O=C1C(=O)N(c2cccc([N+](=O)[O-])c2)C(c2cccc([N+](=O)[O-])c2)/C1=C(\O)c1ccccc1. The molecule has 1 N–H and O–H groups in total. The first-order valence-electron chi connectivity index (χ1n) is 9.65. The van der Waals surface area contributed by atoms with Gasteiger partial charge >= 0.3 is 0 Å². The van der Waals surface area contributed by atoms with Gasteiger partial charge in [0, 0.05) is 29.8 Å². The van der Waals surface area contributed by atoms with E-state index in [1.54, 1.807) is 30.3 Å². The smallest absolute Gasteiger partial charge is 0.300 e. The van der Waals surface area contributed by atoms with Crippen LogP contribution in [0, 0.1) is 20.2 Å². The van der Waals surface area contributed by atoms with E-state index >= 15 is 0 Å². The highest BCUT2D eigenvalue weighted by Gasteiger charge is 2.47. The van der Waals surface area contributed by atoms with Gasteiger partial charge in [-0.15, -0.1) is 0 Å². The minimum absolute atomic E-state index is 0.0370. The second-order valence-corrected chi connectivity index (χ2v) is 7.16. The van der Waals surface area contributed by atoms with E-state index in [2.05, 4.69) is 0 Å². The molecule has 164 valence electrons. The fourth-order valence-corrected chi connectivity index (χ4v) is 3.73. The lowest BCUT2D eigenvalue weighted by Gasteiger charge is -2.25. The van der Waals surface area contributed by atoms with Crippen LogP contribution >= 0.6 is 0 Å². The van der Waals surface area contributed by atoms with Gasteiger partial charge in [0.2, 0.25) is 0 Å². The number of benzene rings is 3. The maximum absolute atomic E-state index is 13.1. The van der Waals surface area contributed by atoms with Crippen LogP contribution in [0.4, 0.5) is 17.1 Å². The molecule has 1 unspecified atom stereocenters.